The number of benzene rings is 2. The molecule has 7 heteroatoms. The van der Waals surface area contributed by atoms with Crippen LogP contribution in [0.5, 0.6) is 5.75 Å². The van der Waals surface area contributed by atoms with Gasteiger partial charge in [0.2, 0.25) is 0 Å². The molecule has 0 aliphatic heterocycles. The molecule has 27 heavy (non-hydrogen) atoms. The molecule has 0 saturated heterocycles. The minimum absolute atomic E-state index is 0.0120. The number of aromatic nitrogens is 1. The summed E-state index contributed by atoms with van der Waals surface area (Å²) in [5.74, 6) is -3.52. The van der Waals surface area contributed by atoms with E-state index >= 15 is 0 Å². The molecule has 1 aromatic heterocycles. The van der Waals surface area contributed by atoms with E-state index in [1.807, 2.05) is 6.07 Å². The van der Waals surface area contributed by atoms with Crippen molar-refractivity contribution < 1.29 is 18.3 Å². The van der Waals surface area contributed by atoms with Crippen molar-refractivity contribution in [1.82, 2.24) is 4.98 Å². The molecule has 1 amide bonds. The highest BCUT2D eigenvalue weighted by Crippen LogP contribution is 2.32. The maximum atomic E-state index is 14.2. The molecule has 0 unspecified atom stereocenters. The summed E-state index contributed by atoms with van der Waals surface area (Å²) < 4.78 is 34.2. The van der Waals surface area contributed by atoms with E-state index in [0.29, 0.717) is 5.01 Å². The molecule has 0 spiro atoms. The van der Waals surface area contributed by atoms with E-state index in [1.165, 1.54) is 28.9 Å². The van der Waals surface area contributed by atoms with Crippen LogP contribution in [0.4, 0.5) is 8.78 Å². The number of allylic oxidation sites excluding steroid dienone is 2. The Bertz CT molecular complexity index is 1080. The summed E-state index contributed by atoms with van der Waals surface area (Å²) in [5, 5.41) is 0.659. The Morgan fingerprint density at radius 3 is 2.85 bits per heavy atom. The summed E-state index contributed by atoms with van der Waals surface area (Å²) in [7, 11) is 0. The first-order valence-electron chi connectivity index (χ1n) is 8.52. The normalized spacial score (nSPS) is 13.8. The fourth-order valence-corrected chi connectivity index (χ4v) is 4.04. The number of primary amides is 1. The van der Waals surface area contributed by atoms with Gasteiger partial charge in [0, 0.05) is 0 Å². The number of amides is 1. The topological polar surface area (TPSA) is 65.2 Å². The first-order chi connectivity index (χ1) is 13.0. The van der Waals surface area contributed by atoms with Gasteiger partial charge < -0.3 is 10.5 Å². The average molecular weight is 386 g/mol. The highest BCUT2D eigenvalue weighted by atomic mass is 32.1. The first-order valence-corrected chi connectivity index (χ1v) is 9.34. The number of nitrogens with zero attached hydrogens (tertiary/aromatic N) is 1. The number of ether oxygens (including phenoxy) is 1. The number of nitrogens with two attached hydrogens (primary N) is 1. The molecule has 1 aliphatic carbocycles. The largest absolute Gasteiger partial charge is 0.483 e. The summed E-state index contributed by atoms with van der Waals surface area (Å²) >= 11 is 1.44. The molecule has 4 nitrogen and oxygen atoms in total. The van der Waals surface area contributed by atoms with Crippen LogP contribution in [0.25, 0.3) is 15.8 Å². The molecule has 138 valence electrons. The zero-order valence-corrected chi connectivity index (χ0v) is 15.1. The highest BCUT2D eigenvalue weighted by molar-refractivity contribution is 7.18. The van der Waals surface area contributed by atoms with E-state index in [0.717, 1.165) is 35.2 Å². The summed E-state index contributed by atoms with van der Waals surface area (Å²) in [6.45, 7) is 0.0120. The summed E-state index contributed by atoms with van der Waals surface area (Å²) in [4.78, 5) is 15.7. The average Bonchev–Trinajstić information content (AvgIpc) is 3.29. The number of carbonyl (C=O) groups is 1. The lowest BCUT2D eigenvalue weighted by molar-refractivity contribution is 0.0991. The van der Waals surface area contributed by atoms with Crippen molar-refractivity contribution in [2.45, 2.75) is 25.9 Å². The van der Waals surface area contributed by atoms with Gasteiger partial charge in [-0.3, -0.25) is 4.79 Å². The summed E-state index contributed by atoms with van der Waals surface area (Å²) in [6.07, 6.45) is 5.63. The van der Waals surface area contributed by atoms with Crippen LogP contribution in [0, 0.1) is 11.6 Å². The van der Waals surface area contributed by atoms with E-state index < -0.39 is 23.1 Å². The Kier molecular flexibility index (Phi) is 4.61. The standard InChI is InChI=1S/C20H16F2N2O2S/c21-13-6-7-15(19(22)18(13)20(23)25)26-10-17-24-14-9-12(5-8-16(14)27-17)11-3-1-2-4-11/h3,5-9H,1-2,4,10H2,(H2,23,25). The molecule has 0 radical (unpaired) electrons. The van der Waals surface area contributed by atoms with Crippen LogP contribution in [-0.4, -0.2) is 10.9 Å². The molecule has 0 atom stereocenters. The Hall–Kier alpha value is -2.80. The second-order valence-corrected chi connectivity index (χ2v) is 7.41. The number of halogens is 2. The van der Waals surface area contributed by atoms with Crippen LogP contribution in [0.2, 0.25) is 0 Å². The van der Waals surface area contributed by atoms with Gasteiger partial charge in [-0.15, -0.1) is 11.3 Å². The van der Waals surface area contributed by atoms with Crippen LogP contribution in [0.1, 0.15) is 40.2 Å². The van der Waals surface area contributed by atoms with Crippen LogP contribution in [-0.2, 0) is 6.61 Å². The number of hydrogen-bond acceptors (Lipinski definition) is 4. The van der Waals surface area contributed by atoms with Crippen molar-refractivity contribution in [2.24, 2.45) is 5.73 Å². The summed E-state index contributed by atoms with van der Waals surface area (Å²) in [6, 6.07) is 8.25. The molecule has 0 saturated carbocycles. The zero-order valence-electron chi connectivity index (χ0n) is 14.3. The maximum absolute atomic E-state index is 14.2. The van der Waals surface area contributed by atoms with Gasteiger partial charge >= 0.3 is 0 Å². The highest BCUT2D eigenvalue weighted by Gasteiger charge is 2.19. The van der Waals surface area contributed by atoms with Gasteiger partial charge in [-0.1, -0.05) is 12.1 Å². The third-order valence-corrected chi connectivity index (χ3v) is 5.51. The van der Waals surface area contributed by atoms with Crippen LogP contribution < -0.4 is 10.5 Å². The molecular formula is C20H16F2N2O2S. The van der Waals surface area contributed by atoms with E-state index in [4.69, 9.17) is 10.5 Å². The quantitative estimate of drug-likeness (QED) is 0.684. The van der Waals surface area contributed by atoms with Gasteiger partial charge in [0.1, 0.15) is 23.0 Å². The second-order valence-electron chi connectivity index (χ2n) is 6.30. The van der Waals surface area contributed by atoms with Gasteiger partial charge in [0.15, 0.2) is 11.6 Å². The van der Waals surface area contributed by atoms with Crippen LogP contribution >= 0.6 is 11.3 Å². The minimum atomic E-state index is -1.18. The molecule has 0 fully saturated rings. The molecule has 4 rings (SSSR count). The number of rotatable bonds is 5. The fraction of sp³-hybridized carbons (Fsp3) is 0.200. The summed E-state index contributed by atoms with van der Waals surface area (Å²) in [5.41, 5.74) is 7.60. The fourth-order valence-electron chi connectivity index (χ4n) is 3.18. The number of thiazole rings is 1. The lowest BCUT2D eigenvalue weighted by atomic mass is 10.1. The SMILES string of the molecule is NC(=O)c1c(F)ccc(OCc2nc3cc(C4=CCCC4)ccc3s2)c1F. The lowest BCUT2D eigenvalue weighted by Crippen LogP contribution is -2.16. The van der Waals surface area contributed by atoms with Crippen molar-refractivity contribution in [3.63, 3.8) is 0 Å². The van der Waals surface area contributed by atoms with E-state index in [2.05, 4.69) is 23.2 Å². The van der Waals surface area contributed by atoms with E-state index in [9.17, 15) is 13.6 Å². The Labute approximate surface area is 158 Å². The lowest BCUT2D eigenvalue weighted by Gasteiger charge is -2.08. The van der Waals surface area contributed by atoms with Crippen molar-refractivity contribution in [3.05, 3.63) is 64.2 Å². The third kappa shape index (κ3) is 3.42. The molecule has 1 aliphatic rings. The van der Waals surface area contributed by atoms with E-state index in [1.54, 1.807) is 0 Å². The van der Waals surface area contributed by atoms with Crippen LogP contribution in [0.15, 0.2) is 36.4 Å². The monoisotopic (exact) mass is 386 g/mol. The van der Waals surface area contributed by atoms with Crippen molar-refractivity contribution in [1.29, 1.82) is 0 Å². The molecule has 2 aromatic carbocycles. The molecule has 2 N–H and O–H groups in total. The van der Waals surface area contributed by atoms with Crippen LogP contribution in [0.3, 0.4) is 0 Å². The molecule has 1 heterocycles. The van der Waals surface area contributed by atoms with Crippen molar-refractivity contribution >= 4 is 33.0 Å². The molecule has 3 aromatic rings. The second kappa shape index (κ2) is 7.08. The smallest absolute Gasteiger partial charge is 0.254 e. The van der Waals surface area contributed by atoms with Gasteiger partial charge in [-0.2, -0.15) is 0 Å². The number of carbonyl (C=O) groups excluding carboxylic acids is 1. The predicted molar refractivity (Wildman–Crippen MR) is 101 cm³/mol. The van der Waals surface area contributed by atoms with Crippen molar-refractivity contribution in [3.8, 4) is 5.75 Å². The molecular weight excluding hydrogens is 370 g/mol. The van der Waals surface area contributed by atoms with Gasteiger partial charge in [-0.05, 0) is 54.7 Å². The third-order valence-electron chi connectivity index (χ3n) is 4.50. The Morgan fingerprint density at radius 1 is 1.26 bits per heavy atom. The van der Waals surface area contributed by atoms with E-state index in [-0.39, 0.29) is 12.4 Å². The zero-order chi connectivity index (χ0) is 19.0. The minimum Gasteiger partial charge on any atom is -0.483 e. The Balaban J connectivity index is 1.56. The number of fused-ring (bicyclic) bond motifs is 1. The maximum Gasteiger partial charge on any atom is 0.254 e. The molecule has 0 bridgehead atoms. The Morgan fingerprint density at radius 2 is 2.11 bits per heavy atom. The van der Waals surface area contributed by atoms with Crippen molar-refractivity contribution in [2.75, 3.05) is 0 Å². The predicted octanol–water partition coefficient (Wildman–Crippen LogP) is 4.82. The number of hydrogen-bond donors (Lipinski definition) is 1. The van der Waals surface area contributed by atoms with Gasteiger partial charge in [0.25, 0.3) is 5.91 Å². The first kappa shape index (κ1) is 17.6. The van der Waals surface area contributed by atoms with Gasteiger partial charge in [-0.25, -0.2) is 13.8 Å². The van der Waals surface area contributed by atoms with Gasteiger partial charge in [0.05, 0.1) is 10.2 Å².